The maximum atomic E-state index is 15.0. The van der Waals surface area contributed by atoms with E-state index in [4.69, 9.17) is 0 Å². The molecule has 0 N–H and O–H groups in total. The van der Waals surface area contributed by atoms with Gasteiger partial charge >= 0.3 is 95.3 Å². The summed E-state index contributed by atoms with van der Waals surface area (Å²) in [4.78, 5) is 0. The lowest BCUT2D eigenvalue weighted by Gasteiger charge is -2.44. The van der Waals surface area contributed by atoms with Crippen molar-refractivity contribution in [3.8, 4) is 0 Å². The highest BCUT2D eigenvalue weighted by Crippen LogP contribution is 2.67. The molecule has 0 fully saturated rings. The van der Waals surface area contributed by atoms with Gasteiger partial charge in [0.2, 0.25) is 0 Å². The molecular formula is C28H24F34. The number of hydrogen-bond acceptors (Lipinski definition) is 0. The van der Waals surface area contributed by atoms with Crippen molar-refractivity contribution in [3.63, 3.8) is 0 Å². The number of rotatable bonds is 23. The molecule has 2 unspecified atom stereocenters. The summed E-state index contributed by atoms with van der Waals surface area (Å²) in [6.07, 6.45) is -30.4. The Morgan fingerprint density at radius 3 is 0.565 bits per heavy atom. The quantitative estimate of drug-likeness (QED) is 0.0895. The predicted octanol–water partition coefficient (Wildman–Crippen LogP) is 15.4. The molecule has 2 atom stereocenters. The second-order valence-electron chi connectivity index (χ2n) is 13.5. The molecule has 62 heavy (non-hydrogen) atoms. The number of halogens is 34. The van der Waals surface area contributed by atoms with Crippen molar-refractivity contribution in [2.75, 3.05) is 0 Å². The van der Waals surface area contributed by atoms with Crippen LogP contribution in [-0.4, -0.2) is 95.3 Å². The Bertz CT molecular complexity index is 1370. The van der Waals surface area contributed by atoms with E-state index in [0.29, 0.717) is 0 Å². The molecule has 0 amide bonds. The highest BCUT2D eigenvalue weighted by Gasteiger charge is 2.97. The van der Waals surface area contributed by atoms with E-state index in [2.05, 4.69) is 0 Å². The Kier molecular flexibility index (Phi) is 16.2. The monoisotopic (exact) mass is 1010 g/mol. The molecule has 0 saturated heterocycles. The van der Waals surface area contributed by atoms with Crippen LogP contribution in [0.15, 0.2) is 0 Å². The third-order valence-corrected chi connectivity index (χ3v) is 9.13. The lowest BCUT2D eigenvalue weighted by atomic mass is 9.74. The van der Waals surface area contributed by atoms with Gasteiger partial charge in [0, 0.05) is 12.8 Å². The zero-order valence-electron chi connectivity index (χ0n) is 29.7. The molecule has 0 aromatic heterocycles. The molecule has 0 aliphatic carbocycles. The van der Waals surface area contributed by atoms with Gasteiger partial charge in [-0.1, -0.05) is 39.5 Å². The summed E-state index contributed by atoms with van der Waals surface area (Å²) in [5.41, 5.74) is 0. The van der Waals surface area contributed by atoms with Crippen LogP contribution < -0.4 is 0 Å². The van der Waals surface area contributed by atoms with Crippen molar-refractivity contribution in [2.45, 2.75) is 160 Å². The molecule has 0 spiro atoms. The SMILES string of the molecule is CCCCC(CC(F)(F)C(F)(F)C(F)(F)C(F)(F)C(F)(F)C(F)(F)C(F)(F)C(F)(F)F)C(CCCC)CC(F)(F)C(F)(F)C(F)(F)C(F)(F)C(F)(F)C(F)(F)C(F)(F)C(F)(F)F. The molecular weight excluding hydrogens is 982 g/mol. The summed E-state index contributed by atoms with van der Waals surface area (Å²) < 4.78 is 468. The zero-order chi connectivity index (χ0) is 50.8. The van der Waals surface area contributed by atoms with Gasteiger partial charge in [0.1, 0.15) is 0 Å². The third-order valence-electron chi connectivity index (χ3n) is 9.13. The lowest BCUT2D eigenvalue weighted by molar-refractivity contribution is -0.462. The first kappa shape index (κ1) is 59.6. The van der Waals surface area contributed by atoms with Crippen molar-refractivity contribution in [1.82, 2.24) is 0 Å². The maximum absolute atomic E-state index is 15.0. The molecule has 0 aliphatic rings. The minimum absolute atomic E-state index is 0.620. The van der Waals surface area contributed by atoms with Gasteiger partial charge < -0.3 is 0 Å². The molecule has 0 bridgehead atoms. The minimum Gasteiger partial charge on any atom is -0.200 e. The van der Waals surface area contributed by atoms with Crippen LogP contribution in [-0.2, 0) is 0 Å². The Morgan fingerprint density at radius 1 is 0.242 bits per heavy atom. The fourth-order valence-corrected chi connectivity index (χ4v) is 5.25. The smallest absolute Gasteiger partial charge is 0.200 e. The van der Waals surface area contributed by atoms with Crippen LogP contribution in [0.1, 0.15) is 65.2 Å². The number of hydrogen-bond donors (Lipinski definition) is 0. The predicted molar refractivity (Wildman–Crippen MR) is 137 cm³/mol. The van der Waals surface area contributed by atoms with Gasteiger partial charge in [-0.15, -0.1) is 0 Å². The average molecular weight is 1010 g/mol. The van der Waals surface area contributed by atoms with E-state index in [1.807, 2.05) is 0 Å². The van der Waals surface area contributed by atoms with Crippen molar-refractivity contribution >= 4 is 0 Å². The van der Waals surface area contributed by atoms with E-state index in [-0.39, 0.29) is 0 Å². The van der Waals surface area contributed by atoms with Crippen LogP contribution in [0.3, 0.4) is 0 Å². The van der Waals surface area contributed by atoms with Gasteiger partial charge in [-0.2, -0.15) is 149 Å². The number of alkyl halides is 34. The van der Waals surface area contributed by atoms with Crippen LogP contribution in [0.25, 0.3) is 0 Å². The molecule has 0 aliphatic heterocycles. The van der Waals surface area contributed by atoms with E-state index in [1.54, 1.807) is 0 Å². The van der Waals surface area contributed by atoms with Gasteiger partial charge in [0.25, 0.3) is 0 Å². The zero-order valence-corrected chi connectivity index (χ0v) is 29.7. The van der Waals surface area contributed by atoms with E-state index in [9.17, 15) is 149 Å². The summed E-state index contributed by atoms with van der Waals surface area (Å²) >= 11 is 0. The van der Waals surface area contributed by atoms with Crippen LogP contribution in [0.5, 0.6) is 0 Å². The molecule has 0 heterocycles. The minimum atomic E-state index is -9.18. The average Bonchev–Trinajstić information content (AvgIpc) is 3.06. The summed E-state index contributed by atoms with van der Waals surface area (Å²) in [6.45, 7) is 1.73. The van der Waals surface area contributed by atoms with E-state index < -0.39 is 158 Å². The Hall–Kier alpha value is -2.38. The Balaban J connectivity index is 7.61. The van der Waals surface area contributed by atoms with Crippen LogP contribution in [0.4, 0.5) is 149 Å². The summed E-state index contributed by atoms with van der Waals surface area (Å²) in [5.74, 6) is -129. The van der Waals surface area contributed by atoms with E-state index >= 15 is 0 Å². The lowest BCUT2D eigenvalue weighted by Crippen LogP contribution is -2.74. The first-order valence-electron chi connectivity index (χ1n) is 16.0. The standard InChI is InChI=1S/C28H24F34/c1-3-5-7-11(9-13(29,30)15(33,34)17(37,38)19(41,42)21(45,46)23(49,50)25(53,54)27(57,58)59)12(8-6-4-2)10-14(31,32)16(35,36)18(39,40)20(43,44)22(47,48)24(51,52)26(55,56)28(60,61)62/h11-12H,3-10H2,1-2H3. The molecule has 0 saturated carbocycles. The van der Waals surface area contributed by atoms with Gasteiger partial charge in [-0.05, 0) is 24.7 Å². The van der Waals surface area contributed by atoms with Gasteiger partial charge in [-0.3, -0.25) is 0 Å². The molecule has 0 rings (SSSR count). The molecule has 34 heteroatoms. The first-order chi connectivity index (χ1) is 26.6. The Morgan fingerprint density at radius 2 is 0.403 bits per heavy atom. The fraction of sp³-hybridized carbons (Fsp3) is 1.00. The van der Waals surface area contributed by atoms with Crippen LogP contribution in [0.2, 0.25) is 0 Å². The third kappa shape index (κ3) is 8.71. The maximum Gasteiger partial charge on any atom is 0.460 e. The van der Waals surface area contributed by atoms with Gasteiger partial charge in [0.05, 0.1) is 0 Å². The van der Waals surface area contributed by atoms with Crippen molar-refractivity contribution in [2.24, 2.45) is 11.8 Å². The molecule has 0 nitrogen and oxygen atoms in total. The Labute approximate surface area is 322 Å². The summed E-state index contributed by atoms with van der Waals surface area (Å²) in [7, 11) is 0. The molecule has 0 aromatic carbocycles. The largest absolute Gasteiger partial charge is 0.460 e. The second kappa shape index (κ2) is 16.8. The van der Waals surface area contributed by atoms with Crippen molar-refractivity contribution < 1.29 is 149 Å². The fourth-order valence-electron chi connectivity index (χ4n) is 5.25. The second-order valence-corrected chi connectivity index (χ2v) is 13.5. The topological polar surface area (TPSA) is 0 Å². The van der Waals surface area contributed by atoms with Gasteiger partial charge in [0.15, 0.2) is 0 Å². The van der Waals surface area contributed by atoms with Crippen LogP contribution >= 0.6 is 0 Å². The normalized spacial score (nSPS) is 17.4. The first-order valence-corrected chi connectivity index (χ1v) is 16.0. The molecule has 0 aromatic rings. The summed E-state index contributed by atoms with van der Waals surface area (Å²) in [5, 5.41) is 0. The van der Waals surface area contributed by atoms with E-state index in [1.165, 1.54) is 0 Å². The van der Waals surface area contributed by atoms with Gasteiger partial charge in [-0.25, -0.2) is 0 Å². The van der Waals surface area contributed by atoms with Crippen molar-refractivity contribution in [3.05, 3.63) is 0 Å². The molecule has 0 radical (unpaired) electrons. The van der Waals surface area contributed by atoms with Crippen LogP contribution in [0, 0.1) is 11.8 Å². The highest BCUT2D eigenvalue weighted by molar-refractivity contribution is 5.17. The summed E-state index contributed by atoms with van der Waals surface area (Å²) in [6, 6.07) is 0. The highest BCUT2D eigenvalue weighted by atomic mass is 19.4. The van der Waals surface area contributed by atoms with Crippen molar-refractivity contribution in [1.29, 1.82) is 0 Å². The molecule has 374 valence electrons. The van der Waals surface area contributed by atoms with E-state index in [0.717, 1.165) is 13.8 Å². The number of unbranched alkanes of at least 4 members (excludes halogenated alkanes) is 2.